The summed E-state index contributed by atoms with van der Waals surface area (Å²) in [5.74, 6) is 0.229. The Morgan fingerprint density at radius 1 is 1.43 bits per heavy atom. The van der Waals surface area contributed by atoms with Gasteiger partial charge >= 0.3 is 0 Å². The molecule has 0 unspecified atom stereocenters. The van der Waals surface area contributed by atoms with Gasteiger partial charge in [0.25, 0.3) is 0 Å². The average Bonchev–Trinajstić information content (AvgIpc) is 2.14. The zero-order chi connectivity index (χ0) is 10.6. The summed E-state index contributed by atoms with van der Waals surface area (Å²) in [5.41, 5.74) is 6.96. The summed E-state index contributed by atoms with van der Waals surface area (Å²) < 4.78 is 4.94. The molecule has 0 spiro atoms. The Morgan fingerprint density at radius 3 is 2.71 bits per heavy atom. The van der Waals surface area contributed by atoms with Crippen LogP contribution in [0.4, 0.5) is 0 Å². The van der Waals surface area contributed by atoms with Gasteiger partial charge in [0.2, 0.25) is 0 Å². The van der Waals surface area contributed by atoms with Gasteiger partial charge in [0.1, 0.15) is 5.75 Å². The largest absolute Gasteiger partial charge is 0.508 e. The standard InChI is InChI=1S/C10H14ClNO2/c1-14-6-8-5-10(13)7(2-3-12)4-9(8)11/h4-5,13H,2-3,6,12H2,1H3. The van der Waals surface area contributed by atoms with E-state index in [4.69, 9.17) is 22.1 Å². The van der Waals surface area contributed by atoms with Gasteiger partial charge in [-0.25, -0.2) is 0 Å². The van der Waals surface area contributed by atoms with Crippen LogP contribution in [0.1, 0.15) is 11.1 Å². The Hall–Kier alpha value is -0.770. The molecule has 0 saturated carbocycles. The van der Waals surface area contributed by atoms with Gasteiger partial charge < -0.3 is 15.6 Å². The summed E-state index contributed by atoms with van der Waals surface area (Å²) in [7, 11) is 1.58. The highest BCUT2D eigenvalue weighted by Crippen LogP contribution is 2.26. The van der Waals surface area contributed by atoms with Gasteiger partial charge in [-0.05, 0) is 36.2 Å². The van der Waals surface area contributed by atoms with E-state index in [-0.39, 0.29) is 5.75 Å². The van der Waals surface area contributed by atoms with E-state index in [0.29, 0.717) is 24.6 Å². The quantitative estimate of drug-likeness (QED) is 0.804. The smallest absolute Gasteiger partial charge is 0.119 e. The van der Waals surface area contributed by atoms with E-state index >= 15 is 0 Å². The van der Waals surface area contributed by atoms with Gasteiger partial charge in [-0.15, -0.1) is 0 Å². The fraction of sp³-hybridized carbons (Fsp3) is 0.400. The van der Waals surface area contributed by atoms with Crippen molar-refractivity contribution in [2.75, 3.05) is 13.7 Å². The second-order valence-corrected chi connectivity index (χ2v) is 3.45. The normalized spacial score (nSPS) is 10.5. The van der Waals surface area contributed by atoms with Crippen LogP contribution in [-0.2, 0) is 17.8 Å². The summed E-state index contributed by atoms with van der Waals surface area (Å²) in [6.45, 7) is 0.892. The monoisotopic (exact) mass is 215 g/mol. The lowest BCUT2D eigenvalue weighted by atomic mass is 10.1. The van der Waals surface area contributed by atoms with E-state index in [2.05, 4.69) is 0 Å². The Labute approximate surface area is 88.4 Å². The number of hydrogen-bond acceptors (Lipinski definition) is 3. The minimum atomic E-state index is 0.229. The number of phenolic OH excluding ortho intramolecular Hbond substituents is 1. The molecule has 0 bridgehead atoms. The molecule has 78 valence electrons. The Bertz CT molecular complexity index is 283. The van der Waals surface area contributed by atoms with Crippen LogP contribution in [0, 0.1) is 0 Å². The van der Waals surface area contributed by atoms with Gasteiger partial charge in [0.15, 0.2) is 0 Å². The van der Waals surface area contributed by atoms with Crippen LogP contribution in [0.2, 0.25) is 5.02 Å². The van der Waals surface area contributed by atoms with Gasteiger partial charge in [-0.3, -0.25) is 0 Å². The minimum absolute atomic E-state index is 0.229. The summed E-state index contributed by atoms with van der Waals surface area (Å²) >= 11 is 5.98. The molecule has 0 aliphatic heterocycles. The number of nitrogens with two attached hydrogens (primary N) is 1. The molecular formula is C10H14ClNO2. The lowest BCUT2D eigenvalue weighted by Crippen LogP contribution is -2.03. The maximum Gasteiger partial charge on any atom is 0.119 e. The number of benzene rings is 1. The van der Waals surface area contributed by atoms with E-state index in [1.54, 1.807) is 19.2 Å². The Morgan fingerprint density at radius 2 is 2.14 bits per heavy atom. The second kappa shape index (κ2) is 5.20. The van der Waals surface area contributed by atoms with Crippen LogP contribution in [0.5, 0.6) is 5.75 Å². The van der Waals surface area contributed by atoms with Crippen LogP contribution >= 0.6 is 11.6 Å². The van der Waals surface area contributed by atoms with Crippen molar-refractivity contribution in [2.24, 2.45) is 5.73 Å². The number of rotatable bonds is 4. The zero-order valence-corrected chi connectivity index (χ0v) is 8.84. The third kappa shape index (κ3) is 2.61. The van der Waals surface area contributed by atoms with E-state index in [1.807, 2.05) is 0 Å². The second-order valence-electron chi connectivity index (χ2n) is 3.04. The number of methoxy groups -OCH3 is 1. The molecule has 0 saturated heterocycles. The van der Waals surface area contributed by atoms with E-state index in [1.165, 1.54) is 0 Å². The topological polar surface area (TPSA) is 55.5 Å². The van der Waals surface area contributed by atoms with Crippen molar-refractivity contribution < 1.29 is 9.84 Å². The Balaban J connectivity index is 2.97. The number of hydrogen-bond donors (Lipinski definition) is 2. The lowest BCUT2D eigenvalue weighted by Gasteiger charge is -2.08. The van der Waals surface area contributed by atoms with Crippen molar-refractivity contribution in [2.45, 2.75) is 13.0 Å². The maximum absolute atomic E-state index is 9.60. The first-order chi connectivity index (χ1) is 6.69. The molecule has 3 nitrogen and oxygen atoms in total. The van der Waals surface area contributed by atoms with Crippen LogP contribution < -0.4 is 5.73 Å². The lowest BCUT2D eigenvalue weighted by molar-refractivity contribution is 0.184. The highest BCUT2D eigenvalue weighted by molar-refractivity contribution is 6.31. The van der Waals surface area contributed by atoms with Crippen LogP contribution in [0.3, 0.4) is 0 Å². The van der Waals surface area contributed by atoms with E-state index in [9.17, 15) is 5.11 Å². The number of aromatic hydroxyl groups is 1. The van der Waals surface area contributed by atoms with Crippen LogP contribution in [0.25, 0.3) is 0 Å². The third-order valence-electron chi connectivity index (χ3n) is 1.96. The number of ether oxygens (including phenoxy) is 1. The summed E-state index contributed by atoms with van der Waals surface area (Å²) in [5, 5.41) is 10.2. The molecule has 0 amide bonds. The molecule has 0 fully saturated rings. The van der Waals surface area contributed by atoms with Crippen LogP contribution in [0.15, 0.2) is 12.1 Å². The molecule has 14 heavy (non-hydrogen) atoms. The first kappa shape index (κ1) is 11.3. The predicted octanol–water partition coefficient (Wildman–Crippen LogP) is 1.69. The van der Waals surface area contributed by atoms with Gasteiger partial charge in [0.05, 0.1) is 6.61 Å². The molecule has 1 rings (SSSR count). The molecule has 3 N–H and O–H groups in total. The van der Waals surface area contributed by atoms with Gasteiger partial charge in [-0.2, -0.15) is 0 Å². The summed E-state index contributed by atoms with van der Waals surface area (Å²) in [6, 6.07) is 3.36. The fourth-order valence-electron chi connectivity index (χ4n) is 1.27. The molecule has 0 aromatic heterocycles. The van der Waals surface area contributed by atoms with Crippen LogP contribution in [-0.4, -0.2) is 18.8 Å². The highest BCUT2D eigenvalue weighted by atomic mass is 35.5. The SMILES string of the molecule is COCc1cc(O)c(CCN)cc1Cl. The van der Waals surface area contributed by atoms with E-state index < -0.39 is 0 Å². The molecular weight excluding hydrogens is 202 g/mol. The summed E-state index contributed by atoms with van der Waals surface area (Å²) in [4.78, 5) is 0. The Kier molecular flexibility index (Phi) is 4.20. The van der Waals surface area contributed by atoms with Gasteiger partial charge in [0, 0.05) is 12.1 Å². The molecule has 0 aliphatic carbocycles. The van der Waals surface area contributed by atoms with Gasteiger partial charge in [-0.1, -0.05) is 11.6 Å². The first-order valence-corrected chi connectivity index (χ1v) is 4.76. The molecule has 0 radical (unpaired) electrons. The van der Waals surface area contributed by atoms with Crippen molar-refractivity contribution >= 4 is 11.6 Å². The molecule has 0 aliphatic rings. The zero-order valence-electron chi connectivity index (χ0n) is 8.09. The van der Waals surface area contributed by atoms with Crippen molar-refractivity contribution in [3.63, 3.8) is 0 Å². The number of halogens is 1. The van der Waals surface area contributed by atoms with Crippen molar-refractivity contribution in [1.29, 1.82) is 0 Å². The molecule has 0 heterocycles. The fourth-order valence-corrected chi connectivity index (χ4v) is 1.51. The summed E-state index contributed by atoms with van der Waals surface area (Å²) in [6.07, 6.45) is 0.624. The maximum atomic E-state index is 9.60. The van der Waals surface area contributed by atoms with Crippen molar-refractivity contribution in [1.82, 2.24) is 0 Å². The molecule has 0 atom stereocenters. The average molecular weight is 216 g/mol. The predicted molar refractivity (Wildman–Crippen MR) is 56.6 cm³/mol. The molecule has 4 heteroatoms. The highest BCUT2D eigenvalue weighted by Gasteiger charge is 2.06. The van der Waals surface area contributed by atoms with E-state index in [0.717, 1.165) is 11.1 Å². The number of phenols is 1. The van der Waals surface area contributed by atoms with Crippen molar-refractivity contribution in [3.8, 4) is 5.75 Å². The minimum Gasteiger partial charge on any atom is -0.508 e. The third-order valence-corrected chi connectivity index (χ3v) is 2.31. The van der Waals surface area contributed by atoms with Crippen molar-refractivity contribution in [3.05, 3.63) is 28.3 Å². The molecule has 1 aromatic carbocycles. The first-order valence-electron chi connectivity index (χ1n) is 4.38. The molecule has 1 aromatic rings.